The Bertz CT molecular complexity index is 489. The molecule has 7 heteroatoms. The van der Waals surface area contributed by atoms with Crippen molar-refractivity contribution >= 4 is 17.8 Å². The first-order valence-electron chi connectivity index (χ1n) is 5.66. The number of carbonyl (C=O) groups excluding carboxylic acids is 1. The molecule has 0 radical (unpaired) electrons. The number of nitrogens with zero attached hydrogens (tertiary/aromatic N) is 3. The molecule has 1 aliphatic heterocycles. The van der Waals surface area contributed by atoms with Gasteiger partial charge < -0.3 is 15.3 Å². The highest BCUT2D eigenvalue weighted by atomic mass is 16.4. The van der Waals surface area contributed by atoms with Gasteiger partial charge >= 0.3 is 5.97 Å². The fourth-order valence-corrected chi connectivity index (χ4v) is 1.79. The molecule has 2 heterocycles. The lowest BCUT2D eigenvalue weighted by Crippen LogP contribution is -2.34. The molecule has 1 saturated heterocycles. The third kappa shape index (κ3) is 2.55. The summed E-state index contributed by atoms with van der Waals surface area (Å²) in [6, 6.07) is 0. The maximum Gasteiger partial charge on any atom is 0.339 e. The molecule has 1 aromatic heterocycles. The molecular weight excluding hydrogens is 236 g/mol. The molecule has 18 heavy (non-hydrogen) atoms. The Hall–Kier alpha value is -2.18. The molecule has 0 atom stereocenters. The molecule has 96 valence electrons. The van der Waals surface area contributed by atoms with Crippen LogP contribution in [0.3, 0.4) is 0 Å². The second-order valence-corrected chi connectivity index (χ2v) is 4.10. The van der Waals surface area contributed by atoms with Gasteiger partial charge in [0.05, 0.1) is 17.8 Å². The number of hydrogen-bond donors (Lipinski definition) is 2. The molecule has 1 aromatic rings. The van der Waals surface area contributed by atoms with E-state index >= 15 is 0 Å². The standard InChI is InChI=1S/C11H14N4O3/c1-7-8(10(17)18)5-13-11(14-7)15-4-2-3-12-9(16)6-15/h5H,2-4,6H2,1H3,(H,12,16)(H,17,18). The minimum atomic E-state index is -1.05. The van der Waals surface area contributed by atoms with Crippen LogP contribution < -0.4 is 10.2 Å². The fourth-order valence-electron chi connectivity index (χ4n) is 1.79. The average Bonchev–Trinajstić information content (AvgIpc) is 2.53. The van der Waals surface area contributed by atoms with Crippen LogP contribution in [0.1, 0.15) is 22.5 Å². The molecule has 1 aliphatic rings. The highest BCUT2D eigenvalue weighted by Gasteiger charge is 2.18. The zero-order chi connectivity index (χ0) is 13.1. The summed E-state index contributed by atoms with van der Waals surface area (Å²) in [6.07, 6.45) is 2.09. The van der Waals surface area contributed by atoms with Crippen LogP contribution >= 0.6 is 0 Å². The first-order valence-corrected chi connectivity index (χ1v) is 5.66. The Morgan fingerprint density at radius 2 is 2.33 bits per heavy atom. The average molecular weight is 250 g/mol. The lowest BCUT2D eigenvalue weighted by molar-refractivity contribution is -0.119. The summed E-state index contributed by atoms with van der Waals surface area (Å²) in [4.78, 5) is 32.2. The molecule has 0 unspecified atom stereocenters. The van der Waals surface area contributed by atoms with E-state index in [2.05, 4.69) is 15.3 Å². The van der Waals surface area contributed by atoms with Crippen molar-refractivity contribution in [1.29, 1.82) is 0 Å². The minimum Gasteiger partial charge on any atom is -0.478 e. The summed E-state index contributed by atoms with van der Waals surface area (Å²) in [5, 5.41) is 11.7. The number of aromatic nitrogens is 2. The van der Waals surface area contributed by atoms with Gasteiger partial charge in [0.1, 0.15) is 0 Å². The van der Waals surface area contributed by atoms with E-state index in [9.17, 15) is 9.59 Å². The van der Waals surface area contributed by atoms with Crippen molar-refractivity contribution in [3.05, 3.63) is 17.5 Å². The number of aryl methyl sites for hydroxylation is 1. The monoisotopic (exact) mass is 250 g/mol. The van der Waals surface area contributed by atoms with Crippen molar-refractivity contribution in [2.75, 3.05) is 24.5 Å². The number of carboxylic acid groups (broad SMARTS) is 1. The highest BCUT2D eigenvalue weighted by molar-refractivity contribution is 5.88. The smallest absolute Gasteiger partial charge is 0.339 e. The van der Waals surface area contributed by atoms with Crippen molar-refractivity contribution < 1.29 is 14.7 Å². The molecule has 0 aromatic carbocycles. The predicted octanol–water partition coefficient (Wildman–Crippen LogP) is -0.190. The maximum atomic E-state index is 11.4. The molecule has 1 amide bonds. The topological polar surface area (TPSA) is 95.4 Å². The van der Waals surface area contributed by atoms with Crippen molar-refractivity contribution in [1.82, 2.24) is 15.3 Å². The van der Waals surface area contributed by atoms with E-state index in [0.717, 1.165) is 6.42 Å². The summed E-state index contributed by atoms with van der Waals surface area (Å²) >= 11 is 0. The zero-order valence-electron chi connectivity index (χ0n) is 10.0. The molecule has 7 nitrogen and oxygen atoms in total. The van der Waals surface area contributed by atoms with Crippen LogP contribution in [0.2, 0.25) is 0 Å². The molecule has 2 rings (SSSR count). The number of carboxylic acids is 1. The van der Waals surface area contributed by atoms with Crippen LogP contribution in [0.4, 0.5) is 5.95 Å². The van der Waals surface area contributed by atoms with Crippen LogP contribution in [0.15, 0.2) is 6.20 Å². The van der Waals surface area contributed by atoms with Gasteiger partial charge in [0.2, 0.25) is 11.9 Å². The Morgan fingerprint density at radius 3 is 3.00 bits per heavy atom. The van der Waals surface area contributed by atoms with Gasteiger partial charge in [0.25, 0.3) is 0 Å². The zero-order valence-corrected chi connectivity index (χ0v) is 10.0. The summed E-state index contributed by atoms with van der Waals surface area (Å²) in [5.74, 6) is -0.724. The molecule has 1 fully saturated rings. The molecule has 0 saturated carbocycles. The number of aromatic carboxylic acids is 1. The first kappa shape index (κ1) is 12.3. The molecule has 2 N–H and O–H groups in total. The molecule has 0 aliphatic carbocycles. The summed E-state index contributed by atoms with van der Waals surface area (Å²) in [5.41, 5.74) is 0.482. The van der Waals surface area contributed by atoms with Crippen molar-refractivity contribution in [2.45, 2.75) is 13.3 Å². The molecule has 0 spiro atoms. The van der Waals surface area contributed by atoms with E-state index in [0.29, 0.717) is 24.7 Å². The third-order valence-corrected chi connectivity index (χ3v) is 2.74. The Labute approximate surface area is 104 Å². The van der Waals surface area contributed by atoms with Crippen LogP contribution in [0, 0.1) is 6.92 Å². The number of hydrogen-bond acceptors (Lipinski definition) is 5. The van der Waals surface area contributed by atoms with Crippen LogP contribution in [0.25, 0.3) is 0 Å². The van der Waals surface area contributed by atoms with E-state index in [4.69, 9.17) is 5.11 Å². The molecular formula is C11H14N4O3. The van der Waals surface area contributed by atoms with Crippen molar-refractivity contribution in [3.8, 4) is 0 Å². The largest absolute Gasteiger partial charge is 0.478 e. The fraction of sp³-hybridized carbons (Fsp3) is 0.455. The summed E-state index contributed by atoms with van der Waals surface area (Å²) < 4.78 is 0. The number of carbonyl (C=O) groups is 2. The minimum absolute atomic E-state index is 0.0731. The number of nitrogens with one attached hydrogen (secondary N) is 1. The summed E-state index contributed by atoms with van der Waals surface area (Å²) in [7, 11) is 0. The van der Waals surface area contributed by atoms with Gasteiger partial charge in [-0.25, -0.2) is 14.8 Å². The van der Waals surface area contributed by atoms with Crippen molar-refractivity contribution in [3.63, 3.8) is 0 Å². The Kier molecular flexibility index (Phi) is 3.40. The Balaban J connectivity index is 2.25. The lowest BCUT2D eigenvalue weighted by Gasteiger charge is -2.19. The van der Waals surface area contributed by atoms with Gasteiger partial charge in [-0.15, -0.1) is 0 Å². The van der Waals surface area contributed by atoms with Crippen molar-refractivity contribution in [2.24, 2.45) is 0 Å². The van der Waals surface area contributed by atoms with Gasteiger partial charge in [0, 0.05) is 19.3 Å². The highest BCUT2D eigenvalue weighted by Crippen LogP contribution is 2.12. The van der Waals surface area contributed by atoms with Gasteiger partial charge in [-0.05, 0) is 13.3 Å². The van der Waals surface area contributed by atoms with E-state index in [-0.39, 0.29) is 18.0 Å². The second kappa shape index (κ2) is 4.99. The first-order chi connectivity index (χ1) is 8.58. The SMILES string of the molecule is Cc1nc(N2CCCNC(=O)C2)ncc1C(=O)O. The van der Waals surface area contributed by atoms with Crippen LogP contribution in [-0.2, 0) is 4.79 Å². The third-order valence-electron chi connectivity index (χ3n) is 2.74. The van der Waals surface area contributed by atoms with Gasteiger partial charge in [-0.1, -0.05) is 0 Å². The van der Waals surface area contributed by atoms with Gasteiger partial charge in [0.15, 0.2) is 0 Å². The number of rotatable bonds is 2. The quantitative estimate of drug-likeness (QED) is 0.755. The Morgan fingerprint density at radius 1 is 1.56 bits per heavy atom. The normalized spacial score (nSPS) is 16.1. The van der Waals surface area contributed by atoms with Crippen LogP contribution in [0.5, 0.6) is 0 Å². The van der Waals surface area contributed by atoms with E-state index in [1.165, 1.54) is 6.20 Å². The van der Waals surface area contributed by atoms with E-state index in [1.54, 1.807) is 11.8 Å². The van der Waals surface area contributed by atoms with Gasteiger partial charge in [-0.3, -0.25) is 4.79 Å². The molecule has 0 bridgehead atoms. The van der Waals surface area contributed by atoms with Gasteiger partial charge in [-0.2, -0.15) is 0 Å². The van der Waals surface area contributed by atoms with E-state index in [1.807, 2.05) is 0 Å². The second-order valence-electron chi connectivity index (χ2n) is 4.10. The maximum absolute atomic E-state index is 11.4. The number of anilines is 1. The summed E-state index contributed by atoms with van der Waals surface area (Å²) in [6.45, 7) is 3.13. The van der Waals surface area contributed by atoms with E-state index < -0.39 is 5.97 Å². The lowest BCUT2D eigenvalue weighted by atomic mass is 10.2. The number of amides is 1. The predicted molar refractivity (Wildman–Crippen MR) is 63.6 cm³/mol. The van der Waals surface area contributed by atoms with Crippen LogP contribution in [-0.4, -0.2) is 46.6 Å².